The van der Waals surface area contributed by atoms with Gasteiger partial charge in [-0.05, 0) is 41.3 Å². The number of nitrogens with zero attached hydrogens (tertiary/aromatic N) is 1. The highest BCUT2D eigenvalue weighted by Crippen LogP contribution is 2.50. The Balaban J connectivity index is 1.75. The van der Waals surface area contributed by atoms with Crippen LogP contribution in [0.25, 0.3) is 10.5 Å². The number of ether oxygens (including phenoxy) is 1. The molecule has 3 aromatic rings. The number of alkyl halides is 3. The third-order valence-electron chi connectivity index (χ3n) is 5.33. The molecule has 8 heteroatoms. The van der Waals surface area contributed by atoms with Crippen LogP contribution in [0.1, 0.15) is 35.3 Å². The molecule has 1 aromatic heterocycles. The Morgan fingerprint density at radius 3 is 2.64 bits per heavy atom. The maximum Gasteiger partial charge on any atom is 0.418 e. The van der Waals surface area contributed by atoms with E-state index in [2.05, 4.69) is 27.8 Å². The lowest BCUT2D eigenvalue weighted by Crippen LogP contribution is -2.20. The summed E-state index contributed by atoms with van der Waals surface area (Å²) in [4.78, 5) is 4.83. The quantitative estimate of drug-likeness (QED) is 0.360. The van der Waals surface area contributed by atoms with Gasteiger partial charge in [-0.3, -0.25) is 4.98 Å². The number of benzene rings is 2. The van der Waals surface area contributed by atoms with E-state index in [1.165, 1.54) is 12.3 Å². The summed E-state index contributed by atoms with van der Waals surface area (Å²) in [5, 5.41) is 9.70. The van der Waals surface area contributed by atoms with Gasteiger partial charge in [0.2, 0.25) is 0 Å². The summed E-state index contributed by atoms with van der Waals surface area (Å²) < 4.78 is 46.2. The number of pyridine rings is 1. The van der Waals surface area contributed by atoms with Gasteiger partial charge >= 0.3 is 6.18 Å². The standard InChI is InChI=1S/C25H21BrF3NO2S/c1-15-14-33-23(17-9-18(12-30-11-17)24(31)25(27,28)29)22(15)20-10-19(26)7-8-21(20)32-13-16-5-3-2-4-6-16/h2-12,15,24,31H,13-14H2,1H3. The third kappa shape index (κ3) is 5.45. The minimum Gasteiger partial charge on any atom is -0.488 e. The van der Waals surface area contributed by atoms with E-state index in [-0.39, 0.29) is 11.5 Å². The maximum atomic E-state index is 13.1. The summed E-state index contributed by atoms with van der Waals surface area (Å²) in [5.41, 5.74) is 3.18. The molecule has 0 fully saturated rings. The van der Waals surface area contributed by atoms with Gasteiger partial charge in [0, 0.05) is 44.2 Å². The molecule has 0 saturated heterocycles. The van der Waals surface area contributed by atoms with Crippen molar-refractivity contribution in [3.05, 3.63) is 93.7 Å². The average Bonchev–Trinajstić information content (AvgIpc) is 3.19. The number of hydrogen-bond acceptors (Lipinski definition) is 4. The zero-order chi connectivity index (χ0) is 23.6. The number of aliphatic hydroxyl groups is 1. The first-order chi connectivity index (χ1) is 15.7. The summed E-state index contributed by atoms with van der Waals surface area (Å²) in [6.45, 7) is 2.48. The average molecular weight is 536 g/mol. The van der Waals surface area contributed by atoms with Crippen LogP contribution in [0.5, 0.6) is 5.75 Å². The number of allylic oxidation sites excluding steroid dienone is 1. The summed E-state index contributed by atoms with van der Waals surface area (Å²) in [5.74, 6) is 1.62. The second-order valence-electron chi connectivity index (χ2n) is 7.82. The molecule has 2 unspecified atom stereocenters. The molecule has 1 N–H and O–H groups in total. The van der Waals surface area contributed by atoms with Crippen LogP contribution < -0.4 is 4.74 Å². The molecule has 0 saturated carbocycles. The van der Waals surface area contributed by atoms with E-state index in [1.54, 1.807) is 11.8 Å². The topological polar surface area (TPSA) is 42.4 Å². The molecule has 33 heavy (non-hydrogen) atoms. The van der Waals surface area contributed by atoms with E-state index >= 15 is 0 Å². The van der Waals surface area contributed by atoms with Gasteiger partial charge in [0.25, 0.3) is 0 Å². The number of aromatic nitrogens is 1. The highest BCUT2D eigenvalue weighted by atomic mass is 79.9. The molecule has 0 bridgehead atoms. The first-order valence-corrected chi connectivity index (χ1v) is 12.1. The Labute approximate surface area is 202 Å². The molecule has 0 aliphatic carbocycles. The van der Waals surface area contributed by atoms with Gasteiger partial charge in [0.1, 0.15) is 12.4 Å². The fourth-order valence-electron chi connectivity index (χ4n) is 3.71. The zero-order valence-corrected chi connectivity index (χ0v) is 20.0. The van der Waals surface area contributed by atoms with Crippen molar-refractivity contribution in [2.24, 2.45) is 5.92 Å². The van der Waals surface area contributed by atoms with Crippen molar-refractivity contribution >= 4 is 38.2 Å². The Bertz CT molecular complexity index is 1170. The van der Waals surface area contributed by atoms with Gasteiger partial charge in [-0.1, -0.05) is 53.2 Å². The SMILES string of the molecule is CC1CSC(c2cncc(C(O)C(F)(F)F)c2)=C1c1cc(Br)ccc1OCc1ccccc1. The molecule has 3 nitrogen and oxygen atoms in total. The van der Waals surface area contributed by atoms with Gasteiger partial charge in [-0.25, -0.2) is 0 Å². The van der Waals surface area contributed by atoms with Gasteiger partial charge in [0.15, 0.2) is 6.10 Å². The van der Waals surface area contributed by atoms with Crippen LogP contribution in [0.15, 0.2) is 71.5 Å². The summed E-state index contributed by atoms with van der Waals surface area (Å²) in [6, 6.07) is 17.0. The minimum absolute atomic E-state index is 0.148. The van der Waals surface area contributed by atoms with Crippen LogP contribution in [-0.2, 0) is 6.61 Å². The molecule has 1 aliphatic heterocycles. The van der Waals surface area contributed by atoms with E-state index in [1.807, 2.05) is 48.5 Å². The van der Waals surface area contributed by atoms with Gasteiger partial charge in [0.05, 0.1) is 0 Å². The number of aliphatic hydroxyl groups excluding tert-OH is 1. The lowest BCUT2D eigenvalue weighted by Gasteiger charge is -2.18. The fourth-order valence-corrected chi connectivity index (χ4v) is 5.40. The number of hydrogen-bond donors (Lipinski definition) is 1. The monoisotopic (exact) mass is 535 g/mol. The number of halogens is 4. The molecule has 2 heterocycles. The first kappa shape index (κ1) is 23.9. The highest BCUT2D eigenvalue weighted by molar-refractivity contribution is 9.10. The van der Waals surface area contributed by atoms with Crippen molar-refractivity contribution < 1.29 is 23.0 Å². The molecule has 172 valence electrons. The summed E-state index contributed by atoms with van der Waals surface area (Å²) in [7, 11) is 0. The van der Waals surface area contributed by atoms with E-state index in [0.29, 0.717) is 17.9 Å². The van der Waals surface area contributed by atoms with Crippen molar-refractivity contribution in [3.63, 3.8) is 0 Å². The molecule has 2 aromatic carbocycles. The molecule has 0 amide bonds. The van der Waals surface area contributed by atoms with Crippen molar-refractivity contribution in [2.45, 2.75) is 25.8 Å². The Hall–Kier alpha value is -2.29. The zero-order valence-electron chi connectivity index (χ0n) is 17.6. The van der Waals surface area contributed by atoms with Crippen LogP contribution >= 0.6 is 27.7 Å². The van der Waals surface area contributed by atoms with Crippen molar-refractivity contribution in [1.29, 1.82) is 0 Å². The summed E-state index contributed by atoms with van der Waals surface area (Å²) in [6.07, 6.45) is -4.74. The van der Waals surface area contributed by atoms with Crippen LogP contribution in [0.2, 0.25) is 0 Å². The lowest BCUT2D eigenvalue weighted by atomic mass is 9.92. The fraction of sp³-hybridized carbons (Fsp3) is 0.240. The van der Waals surface area contributed by atoms with Gasteiger partial charge < -0.3 is 9.84 Å². The van der Waals surface area contributed by atoms with E-state index in [9.17, 15) is 18.3 Å². The first-order valence-electron chi connectivity index (χ1n) is 10.3. The lowest BCUT2D eigenvalue weighted by molar-refractivity contribution is -0.206. The molecule has 2 atom stereocenters. The molecule has 4 rings (SSSR count). The second-order valence-corrected chi connectivity index (χ2v) is 9.77. The minimum atomic E-state index is -4.75. The Kier molecular flexibility index (Phi) is 7.16. The van der Waals surface area contributed by atoms with Crippen LogP contribution in [0.4, 0.5) is 13.2 Å². The van der Waals surface area contributed by atoms with Crippen molar-refractivity contribution in [3.8, 4) is 5.75 Å². The predicted molar refractivity (Wildman–Crippen MR) is 129 cm³/mol. The van der Waals surface area contributed by atoms with E-state index < -0.39 is 12.3 Å². The second kappa shape index (κ2) is 9.91. The van der Waals surface area contributed by atoms with Gasteiger partial charge in [-0.15, -0.1) is 11.8 Å². The number of thioether (sulfide) groups is 1. The molecular weight excluding hydrogens is 515 g/mol. The Morgan fingerprint density at radius 2 is 1.91 bits per heavy atom. The smallest absolute Gasteiger partial charge is 0.418 e. The van der Waals surface area contributed by atoms with Crippen LogP contribution in [-0.4, -0.2) is 22.0 Å². The highest BCUT2D eigenvalue weighted by Gasteiger charge is 2.40. The molecule has 1 aliphatic rings. The Morgan fingerprint density at radius 1 is 1.15 bits per heavy atom. The van der Waals surface area contributed by atoms with E-state index in [4.69, 9.17) is 4.74 Å². The van der Waals surface area contributed by atoms with Crippen molar-refractivity contribution in [1.82, 2.24) is 4.98 Å². The van der Waals surface area contributed by atoms with E-state index in [0.717, 1.165) is 38.0 Å². The van der Waals surface area contributed by atoms with Crippen LogP contribution in [0, 0.1) is 5.92 Å². The molecular formula is C25H21BrF3NO2S. The normalized spacial score (nSPS) is 17.3. The summed E-state index contributed by atoms with van der Waals surface area (Å²) >= 11 is 5.10. The predicted octanol–water partition coefficient (Wildman–Crippen LogP) is 7.27. The maximum absolute atomic E-state index is 13.1. The third-order valence-corrected chi connectivity index (χ3v) is 7.24. The van der Waals surface area contributed by atoms with Crippen molar-refractivity contribution in [2.75, 3.05) is 5.75 Å². The number of rotatable bonds is 6. The van der Waals surface area contributed by atoms with Gasteiger partial charge in [-0.2, -0.15) is 13.2 Å². The van der Waals surface area contributed by atoms with Crippen LogP contribution in [0.3, 0.4) is 0 Å². The molecule has 0 radical (unpaired) electrons. The molecule has 0 spiro atoms. The largest absolute Gasteiger partial charge is 0.488 e.